The van der Waals surface area contributed by atoms with Gasteiger partial charge in [-0.1, -0.05) is 13.8 Å². The van der Waals surface area contributed by atoms with E-state index in [4.69, 9.17) is 15.2 Å². The number of carbonyl (C=O) groups excluding carboxylic acids is 1. The fourth-order valence-electron chi connectivity index (χ4n) is 1.65. The summed E-state index contributed by atoms with van der Waals surface area (Å²) in [7, 11) is 0. The normalized spacial score (nSPS) is 19.3. The number of hydrogen-bond acceptors (Lipinski definition) is 5. The van der Waals surface area contributed by atoms with Crippen molar-refractivity contribution in [1.82, 2.24) is 4.90 Å². The molecule has 17 heavy (non-hydrogen) atoms. The zero-order chi connectivity index (χ0) is 12.7. The highest BCUT2D eigenvalue weighted by atomic mass is 16.5. The second kappa shape index (κ2) is 7.63. The largest absolute Gasteiger partial charge is 0.464 e. The molecule has 1 heterocycles. The monoisotopic (exact) mass is 244 g/mol. The molecule has 1 saturated heterocycles. The van der Waals surface area contributed by atoms with Crippen molar-refractivity contribution in [3.05, 3.63) is 0 Å². The third kappa shape index (κ3) is 5.48. The number of nitrogens with zero attached hydrogens (tertiary/aromatic N) is 1. The Morgan fingerprint density at radius 3 is 2.65 bits per heavy atom. The number of rotatable bonds is 6. The molecule has 0 aromatic carbocycles. The molecule has 0 amide bonds. The van der Waals surface area contributed by atoms with Crippen LogP contribution in [0.2, 0.25) is 0 Å². The minimum atomic E-state index is -0.501. The molecular weight excluding hydrogens is 220 g/mol. The Bertz CT molecular complexity index is 228. The molecule has 1 rings (SSSR count). The molecule has 100 valence electrons. The Balaban J connectivity index is 2.05. The lowest BCUT2D eigenvalue weighted by molar-refractivity contribution is -0.146. The Kier molecular flexibility index (Phi) is 6.47. The molecule has 0 bridgehead atoms. The zero-order valence-corrected chi connectivity index (χ0v) is 10.9. The standard InChI is InChI=1S/C12H24N2O3/c1-10(2)11(13)12(15)17-7-3-4-14-5-8-16-9-6-14/h10-11H,3-9,13H2,1-2H3. The quantitative estimate of drug-likeness (QED) is 0.535. The fraction of sp³-hybridized carbons (Fsp3) is 0.917. The van der Waals surface area contributed by atoms with Gasteiger partial charge in [-0.2, -0.15) is 0 Å². The van der Waals surface area contributed by atoms with Crippen LogP contribution in [0.4, 0.5) is 0 Å². The zero-order valence-electron chi connectivity index (χ0n) is 10.9. The number of carbonyl (C=O) groups is 1. The Morgan fingerprint density at radius 2 is 2.06 bits per heavy atom. The summed E-state index contributed by atoms with van der Waals surface area (Å²) < 4.78 is 10.4. The van der Waals surface area contributed by atoms with Gasteiger partial charge < -0.3 is 15.2 Å². The molecule has 5 heteroatoms. The maximum Gasteiger partial charge on any atom is 0.323 e. The number of ether oxygens (including phenoxy) is 2. The van der Waals surface area contributed by atoms with E-state index in [1.54, 1.807) is 0 Å². The highest BCUT2D eigenvalue weighted by molar-refractivity contribution is 5.75. The van der Waals surface area contributed by atoms with Crippen molar-refractivity contribution in [2.24, 2.45) is 11.7 Å². The van der Waals surface area contributed by atoms with Crippen molar-refractivity contribution in [1.29, 1.82) is 0 Å². The van der Waals surface area contributed by atoms with Crippen LogP contribution in [0.15, 0.2) is 0 Å². The third-order valence-corrected chi connectivity index (χ3v) is 2.96. The number of esters is 1. The molecule has 1 unspecified atom stereocenters. The Hall–Kier alpha value is -0.650. The van der Waals surface area contributed by atoms with Crippen LogP contribution in [0, 0.1) is 5.92 Å². The van der Waals surface area contributed by atoms with Gasteiger partial charge in [0.05, 0.1) is 19.8 Å². The van der Waals surface area contributed by atoms with Crippen molar-refractivity contribution < 1.29 is 14.3 Å². The highest BCUT2D eigenvalue weighted by Gasteiger charge is 2.18. The van der Waals surface area contributed by atoms with Crippen molar-refractivity contribution in [2.75, 3.05) is 39.5 Å². The molecular formula is C12H24N2O3. The van der Waals surface area contributed by atoms with Crippen LogP contribution in [0.5, 0.6) is 0 Å². The maximum absolute atomic E-state index is 11.5. The van der Waals surface area contributed by atoms with Crippen molar-refractivity contribution >= 4 is 5.97 Å². The van der Waals surface area contributed by atoms with Gasteiger partial charge in [-0.3, -0.25) is 9.69 Å². The van der Waals surface area contributed by atoms with Gasteiger partial charge in [-0.15, -0.1) is 0 Å². The van der Waals surface area contributed by atoms with Gasteiger partial charge in [0.2, 0.25) is 0 Å². The number of morpholine rings is 1. The molecule has 0 aliphatic carbocycles. The lowest BCUT2D eigenvalue weighted by Crippen LogP contribution is -2.38. The summed E-state index contributed by atoms with van der Waals surface area (Å²) in [6.45, 7) is 8.79. The predicted molar refractivity (Wildman–Crippen MR) is 65.6 cm³/mol. The summed E-state index contributed by atoms with van der Waals surface area (Å²) in [5.74, 6) is -0.163. The summed E-state index contributed by atoms with van der Waals surface area (Å²) in [6.07, 6.45) is 0.858. The summed E-state index contributed by atoms with van der Waals surface area (Å²) >= 11 is 0. The lowest BCUT2D eigenvalue weighted by atomic mass is 10.1. The average molecular weight is 244 g/mol. The van der Waals surface area contributed by atoms with Gasteiger partial charge in [-0.05, 0) is 12.3 Å². The molecule has 0 radical (unpaired) electrons. The van der Waals surface area contributed by atoms with Gasteiger partial charge in [-0.25, -0.2) is 0 Å². The Labute approximate surface area is 103 Å². The van der Waals surface area contributed by atoms with Crippen molar-refractivity contribution in [2.45, 2.75) is 26.3 Å². The van der Waals surface area contributed by atoms with Gasteiger partial charge in [0.25, 0.3) is 0 Å². The topological polar surface area (TPSA) is 64.8 Å². The molecule has 2 N–H and O–H groups in total. The molecule has 0 aromatic rings. The summed E-state index contributed by atoms with van der Waals surface area (Å²) in [5, 5.41) is 0. The second-order valence-corrected chi connectivity index (χ2v) is 4.74. The first-order chi connectivity index (χ1) is 8.11. The average Bonchev–Trinajstić information content (AvgIpc) is 2.34. The lowest BCUT2D eigenvalue weighted by Gasteiger charge is -2.26. The number of nitrogens with two attached hydrogens (primary N) is 1. The summed E-state index contributed by atoms with van der Waals surface area (Å²) in [5.41, 5.74) is 5.68. The van der Waals surface area contributed by atoms with Crippen LogP contribution in [-0.4, -0.2) is 56.4 Å². The summed E-state index contributed by atoms with van der Waals surface area (Å²) in [4.78, 5) is 13.8. The van der Waals surface area contributed by atoms with E-state index in [-0.39, 0.29) is 11.9 Å². The van der Waals surface area contributed by atoms with Gasteiger partial charge >= 0.3 is 5.97 Å². The van der Waals surface area contributed by atoms with E-state index in [9.17, 15) is 4.79 Å². The molecule has 1 atom stereocenters. The molecule has 1 aliphatic rings. The van der Waals surface area contributed by atoms with Crippen LogP contribution in [-0.2, 0) is 14.3 Å². The predicted octanol–water partition coefficient (Wildman–Crippen LogP) is 0.235. The van der Waals surface area contributed by atoms with E-state index < -0.39 is 6.04 Å². The first-order valence-electron chi connectivity index (χ1n) is 6.33. The minimum absolute atomic E-state index is 0.127. The maximum atomic E-state index is 11.5. The SMILES string of the molecule is CC(C)C(N)C(=O)OCCCN1CCOCC1. The molecule has 0 saturated carbocycles. The Morgan fingerprint density at radius 1 is 1.41 bits per heavy atom. The molecule has 1 fully saturated rings. The molecule has 0 spiro atoms. The van der Waals surface area contributed by atoms with E-state index >= 15 is 0 Å². The fourth-order valence-corrected chi connectivity index (χ4v) is 1.65. The van der Waals surface area contributed by atoms with Crippen molar-refractivity contribution in [3.63, 3.8) is 0 Å². The van der Waals surface area contributed by atoms with Crippen LogP contribution in [0.25, 0.3) is 0 Å². The molecule has 1 aliphatic heterocycles. The van der Waals surface area contributed by atoms with E-state index in [1.807, 2.05) is 13.8 Å². The first-order valence-corrected chi connectivity index (χ1v) is 6.33. The third-order valence-electron chi connectivity index (χ3n) is 2.96. The first kappa shape index (κ1) is 14.4. The van der Waals surface area contributed by atoms with Crippen molar-refractivity contribution in [3.8, 4) is 0 Å². The molecule has 0 aromatic heterocycles. The molecule has 5 nitrogen and oxygen atoms in total. The number of hydrogen-bond donors (Lipinski definition) is 1. The van der Waals surface area contributed by atoms with Gasteiger partial charge in [0, 0.05) is 19.6 Å². The van der Waals surface area contributed by atoms with Crippen LogP contribution in [0.3, 0.4) is 0 Å². The van der Waals surface area contributed by atoms with Gasteiger partial charge in [0.15, 0.2) is 0 Å². The van der Waals surface area contributed by atoms with Crippen LogP contribution >= 0.6 is 0 Å². The van der Waals surface area contributed by atoms with E-state index in [2.05, 4.69) is 4.90 Å². The van der Waals surface area contributed by atoms with Crippen LogP contribution < -0.4 is 5.73 Å². The van der Waals surface area contributed by atoms with E-state index in [0.717, 1.165) is 39.3 Å². The van der Waals surface area contributed by atoms with Gasteiger partial charge in [0.1, 0.15) is 6.04 Å². The van der Waals surface area contributed by atoms with E-state index in [0.29, 0.717) is 6.61 Å². The highest BCUT2D eigenvalue weighted by Crippen LogP contribution is 2.02. The minimum Gasteiger partial charge on any atom is -0.464 e. The smallest absolute Gasteiger partial charge is 0.323 e. The second-order valence-electron chi connectivity index (χ2n) is 4.74. The van der Waals surface area contributed by atoms with E-state index in [1.165, 1.54) is 0 Å². The van der Waals surface area contributed by atoms with Crippen LogP contribution in [0.1, 0.15) is 20.3 Å². The summed E-state index contributed by atoms with van der Waals surface area (Å²) in [6, 6.07) is -0.501.